The zero-order valence-electron chi connectivity index (χ0n) is 34.7. The maximum Gasteiger partial charge on any atom is 0.306 e. The molecule has 0 radical (unpaired) electrons. The van der Waals surface area contributed by atoms with E-state index in [0.29, 0.717) is 6.42 Å². The first-order valence-electron chi connectivity index (χ1n) is 23.2. The fraction of sp³-hybridized carbons (Fsp3) is 0.915. The van der Waals surface area contributed by atoms with Crippen molar-refractivity contribution in [2.45, 2.75) is 277 Å². The number of carbonyl (C=O) groups is 2. The molecule has 0 rings (SSSR count). The Kier molecular flexibility index (Phi) is 42.0. The highest BCUT2D eigenvalue weighted by Crippen LogP contribution is 2.19. The van der Waals surface area contributed by atoms with Crippen LogP contribution >= 0.6 is 0 Å². The van der Waals surface area contributed by atoms with E-state index < -0.39 is 5.97 Å². The molecule has 0 aliphatic carbocycles. The Morgan fingerprint density at radius 2 is 0.706 bits per heavy atom. The second kappa shape index (κ2) is 43.1. The quantitative estimate of drug-likeness (QED) is 0.0387. The van der Waals surface area contributed by atoms with E-state index in [2.05, 4.69) is 26.0 Å². The number of allylic oxidation sites excluding steroid dienone is 2. The zero-order chi connectivity index (χ0) is 37.1. The van der Waals surface area contributed by atoms with Crippen LogP contribution < -0.4 is 0 Å². The summed E-state index contributed by atoms with van der Waals surface area (Å²) < 4.78 is 6.02. The topological polar surface area (TPSA) is 63.6 Å². The third-order valence-electron chi connectivity index (χ3n) is 10.7. The van der Waals surface area contributed by atoms with E-state index in [1.165, 1.54) is 180 Å². The fourth-order valence-electron chi connectivity index (χ4n) is 7.30. The van der Waals surface area contributed by atoms with Crippen molar-refractivity contribution in [2.75, 3.05) is 0 Å². The molecule has 0 aromatic heterocycles. The molecule has 0 aromatic carbocycles. The van der Waals surface area contributed by atoms with Gasteiger partial charge in [0.2, 0.25) is 0 Å². The molecule has 0 amide bonds. The summed E-state index contributed by atoms with van der Waals surface area (Å²) in [5.41, 5.74) is 0. The summed E-state index contributed by atoms with van der Waals surface area (Å²) in [6, 6.07) is 0. The van der Waals surface area contributed by atoms with Gasteiger partial charge in [0.1, 0.15) is 6.10 Å². The van der Waals surface area contributed by atoms with Crippen LogP contribution in [0.15, 0.2) is 12.2 Å². The Morgan fingerprint density at radius 1 is 0.412 bits per heavy atom. The summed E-state index contributed by atoms with van der Waals surface area (Å²) in [6.45, 7) is 4.56. The zero-order valence-corrected chi connectivity index (χ0v) is 34.7. The number of hydrogen-bond donors (Lipinski definition) is 1. The molecule has 51 heavy (non-hydrogen) atoms. The van der Waals surface area contributed by atoms with E-state index in [4.69, 9.17) is 9.84 Å². The monoisotopic (exact) mass is 719 g/mol. The number of unbranched alkanes of at least 4 members (excludes halogenated alkanes) is 32. The molecule has 0 heterocycles. The largest absolute Gasteiger partial charge is 0.481 e. The molecule has 4 nitrogen and oxygen atoms in total. The van der Waals surface area contributed by atoms with Crippen LogP contribution in [0, 0.1) is 0 Å². The van der Waals surface area contributed by atoms with E-state index in [9.17, 15) is 9.59 Å². The normalized spacial score (nSPS) is 12.2. The Labute approximate surface area is 319 Å². The van der Waals surface area contributed by atoms with Gasteiger partial charge in [0.05, 0.1) is 0 Å². The molecule has 0 aromatic rings. The predicted octanol–water partition coefficient (Wildman–Crippen LogP) is 16.2. The first-order chi connectivity index (χ1) is 25.1. The van der Waals surface area contributed by atoms with Gasteiger partial charge in [-0.05, 0) is 64.2 Å². The first kappa shape index (κ1) is 49.7. The Balaban J connectivity index is 3.82. The van der Waals surface area contributed by atoms with Gasteiger partial charge in [0, 0.05) is 12.8 Å². The first-order valence-corrected chi connectivity index (χ1v) is 23.2. The van der Waals surface area contributed by atoms with E-state index >= 15 is 0 Å². The number of carbonyl (C=O) groups excluding carboxylic acids is 1. The molecule has 1 N–H and O–H groups in total. The van der Waals surface area contributed by atoms with Crippen molar-refractivity contribution in [1.29, 1.82) is 0 Å². The van der Waals surface area contributed by atoms with Crippen molar-refractivity contribution in [2.24, 2.45) is 0 Å². The maximum absolute atomic E-state index is 12.7. The molecule has 0 aliphatic rings. The highest BCUT2D eigenvalue weighted by atomic mass is 16.5. The van der Waals surface area contributed by atoms with Crippen molar-refractivity contribution in [3.05, 3.63) is 12.2 Å². The SMILES string of the molecule is CCCCCCCCCC/C=C\CCCCCCCCCCCCCC(=O)OC(CCCCCCCCCCCC)CCCCCCCC(=O)O. The number of hydrogen-bond acceptors (Lipinski definition) is 3. The lowest BCUT2D eigenvalue weighted by molar-refractivity contribution is -0.150. The van der Waals surface area contributed by atoms with Crippen LogP contribution in [-0.4, -0.2) is 23.1 Å². The van der Waals surface area contributed by atoms with Gasteiger partial charge in [-0.1, -0.05) is 206 Å². The minimum atomic E-state index is -0.697. The molecule has 4 heteroatoms. The summed E-state index contributed by atoms with van der Waals surface area (Å²) in [7, 11) is 0. The summed E-state index contributed by atoms with van der Waals surface area (Å²) in [5.74, 6) is -0.690. The summed E-state index contributed by atoms with van der Waals surface area (Å²) in [4.78, 5) is 23.4. The molecule has 1 atom stereocenters. The smallest absolute Gasteiger partial charge is 0.306 e. The number of carboxylic acid groups (broad SMARTS) is 1. The van der Waals surface area contributed by atoms with Gasteiger partial charge in [0.25, 0.3) is 0 Å². The fourth-order valence-corrected chi connectivity index (χ4v) is 7.30. The van der Waals surface area contributed by atoms with Crippen LogP contribution in [-0.2, 0) is 14.3 Å². The van der Waals surface area contributed by atoms with Crippen molar-refractivity contribution in [3.63, 3.8) is 0 Å². The van der Waals surface area contributed by atoms with Crippen LogP contribution in [0.1, 0.15) is 271 Å². The lowest BCUT2D eigenvalue weighted by atomic mass is 10.0. The second-order valence-corrected chi connectivity index (χ2v) is 15.9. The highest BCUT2D eigenvalue weighted by Gasteiger charge is 2.14. The Hall–Kier alpha value is -1.32. The van der Waals surface area contributed by atoms with Crippen molar-refractivity contribution >= 4 is 11.9 Å². The number of carboxylic acids is 1. The van der Waals surface area contributed by atoms with Gasteiger partial charge in [-0.3, -0.25) is 9.59 Å². The van der Waals surface area contributed by atoms with Gasteiger partial charge < -0.3 is 9.84 Å². The molecule has 1 unspecified atom stereocenters. The highest BCUT2D eigenvalue weighted by molar-refractivity contribution is 5.69. The second-order valence-electron chi connectivity index (χ2n) is 15.9. The molecule has 0 bridgehead atoms. The molecule has 0 aliphatic heterocycles. The summed E-state index contributed by atoms with van der Waals surface area (Å²) in [6.07, 6.45) is 54.0. The number of rotatable bonds is 43. The van der Waals surface area contributed by atoms with Crippen LogP contribution in [0.2, 0.25) is 0 Å². The average molecular weight is 719 g/mol. The van der Waals surface area contributed by atoms with Gasteiger partial charge in [0.15, 0.2) is 0 Å². The molecule has 0 spiro atoms. The Morgan fingerprint density at radius 3 is 1.06 bits per heavy atom. The average Bonchev–Trinajstić information content (AvgIpc) is 3.12. The van der Waals surface area contributed by atoms with Crippen LogP contribution in [0.4, 0.5) is 0 Å². The lowest BCUT2D eigenvalue weighted by Crippen LogP contribution is -2.18. The van der Waals surface area contributed by atoms with E-state index in [-0.39, 0.29) is 18.5 Å². The summed E-state index contributed by atoms with van der Waals surface area (Å²) in [5, 5.41) is 8.83. The van der Waals surface area contributed by atoms with E-state index in [0.717, 1.165) is 64.2 Å². The van der Waals surface area contributed by atoms with Crippen molar-refractivity contribution in [1.82, 2.24) is 0 Å². The van der Waals surface area contributed by atoms with E-state index in [1.54, 1.807) is 0 Å². The Bertz CT molecular complexity index is 732. The molecule has 0 saturated heterocycles. The van der Waals surface area contributed by atoms with Crippen molar-refractivity contribution in [3.8, 4) is 0 Å². The van der Waals surface area contributed by atoms with Crippen molar-refractivity contribution < 1.29 is 19.4 Å². The van der Waals surface area contributed by atoms with Crippen LogP contribution in [0.25, 0.3) is 0 Å². The summed E-state index contributed by atoms with van der Waals surface area (Å²) >= 11 is 0. The molecule has 0 fully saturated rings. The third-order valence-corrected chi connectivity index (χ3v) is 10.7. The standard InChI is InChI=1S/C47H90O4/c1-3-5-7-9-11-13-15-16-17-18-19-20-21-22-23-24-25-26-27-29-31-36-40-44-47(50)51-45(42-38-34-32-35-39-43-46(48)49)41-37-33-30-28-14-12-10-8-6-4-2/h18-19,45H,3-17,20-44H2,1-2H3,(H,48,49)/b19-18-. The molecular weight excluding hydrogens is 629 g/mol. The van der Waals surface area contributed by atoms with Gasteiger partial charge >= 0.3 is 11.9 Å². The molecule has 302 valence electrons. The lowest BCUT2D eigenvalue weighted by Gasteiger charge is -2.18. The molecular formula is C47H90O4. The minimum absolute atomic E-state index is 0.00697. The number of ether oxygens (including phenoxy) is 1. The molecule has 0 saturated carbocycles. The van der Waals surface area contributed by atoms with E-state index in [1.807, 2.05) is 0 Å². The van der Waals surface area contributed by atoms with Gasteiger partial charge in [-0.25, -0.2) is 0 Å². The van der Waals surface area contributed by atoms with Crippen LogP contribution in [0.5, 0.6) is 0 Å². The predicted molar refractivity (Wildman–Crippen MR) is 223 cm³/mol. The van der Waals surface area contributed by atoms with Gasteiger partial charge in [-0.15, -0.1) is 0 Å². The number of esters is 1. The number of aliphatic carboxylic acids is 1. The third kappa shape index (κ3) is 43.0. The van der Waals surface area contributed by atoms with Crippen LogP contribution in [0.3, 0.4) is 0 Å². The van der Waals surface area contributed by atoms with Gasteiger partial charge in [-0.2, -0.15) is 0 Å². The minimum Gasteiger partial charge on any atom is -0.481 e. The maximum atomic E-state index is 12.7.